The molecule has 0 radical (unpaired) electrons. The Bertz CT molecular complexity index is 605. The van der Waals surface area contributed by atoms with E-state index in [1.807, 2.05) is 5.38 Å². The number of rotatable bonds is 7. The Labute approximate surface area is 133 Å². The number of nitrogens with one attached hydrogen (secondary N) is 1. The maximum absolute atomic E-state index is 11.6. The molecule has 0 spiro atoms. The predicted octanol–water partition coefficient (Wildman–Crippen LogP) is 3.59. The smallest absolute Gasteiger partial charge is 0.226 e. The molecule has 0 aliphatic rings. The minimum absolute atomic E-state index is 0.0183. The summed E-state index contributed by atoms with van der Waals surface area (Å²) in [5.74, 6) is 0.880. The minimum atomic E-state index is -0.0183. The van der Waals surface area contributed by atoms with E-state index in [4.69, 9.17) is 0 Å². The fourth-order valence-electron chi connectivity index (χ4n) is 1.68. The van der Waals surface area contributed by atoms with Crippen molar-refractivity contribution in [3.63, 3.8) is 0 Å². The zero-order valence-electron chi connectivity index (χ0n) is 12.0. The molecule has 0 saturated carbocycles. The predicted molar refractivity (Wildman–Crippen MR) is 89.8 cm³/mol. The van der Waals surface area contributed by atoms with Crippen LogP contribution in [0.1, 0.15) is 16.8 Å². The zero-order valence-corrected chi connectivity index (χ0v) is 13.6. The van der Waals surface area contributed by atoms with Gasteiger partial charge in [0.25, 0.3) is 0 Å². The summed E-state index contributed by atoms with van der Waals surface area (Å²) < 4.78 is 1.00. The van der Waals surface area contributed by atoms with E-state index in [0.717, 1.165) is 15.8 Å². The van der Waals surface area contributed by atoms with E-state index >= 15 is 0 Å². The Morgan fingerprint density at radius 3 is 2.90 bits per heavy atom. The zero-order chi connectivity index (χ0) is 15.1. The second-order valence-electron chi connectivity index (χ2n) is 4.65. The number of hydrogen-bond acceptors (Lipinski definition) is 4. The summed E-state index contributed by atoms with van der Waals surface area (Å²) in [6.07, 6.45) is 2.00. The van der Waals surface area contributed by atoms with Gasteiger partial charge in [-0.3, -0.25) is 4.79 Å². The number of thioether (sulfide) groups is 1. The number of aryl methyl sites for hydroxylation is 1. The van der Waals surface area contributed by atoms with Crippen molar-refractivity contribution in [2.75, 3.05) is 6.54 Å². The van der Waals surface area contributed by atoms with Crippen molar-refractivity contribution in [3.05, 3.63) is 59.1 Å². The number of hydrogen-bond donors (Lipinski definition) is 1. The van der Waals surface area contributed by atoms with Crippen molar-refractivity contribution in [1.82, 2.24) is 10.3 Å². The second kappa shape index (κ2) is 8.00. The molecule has 1 aromatic heterocycles. The average molecular weight is 318 g/mol. The number of carbonyl (C=O) groups is 1. The molecule has 0 unspecified atom stereocenters. The molecular weight excluding hydrogens is 300 g/mol. The normalized spacial score (nSPS) is 10.3. The van der Waals surface area contributed by atoms with Crippen LogP contribution < -0.4 is 5.32 Å². The van der Waals surface area contributed by atoms with Crippen LogP contribution in [0.3, 0.4) is 0 Å². The van der Waals surface area contributed by atoms with E-state index in [1.54, 1.807) is 29.2 Å². The van der Waals surface area contributed by atoms with Gasteiger partial charge >= 0.3 is 0 Å². The number of thiazole rings is 1. The standard InChI is InChI=1S/C16H18N2OS2/c1-3-8-17-15(19)9-14-11-21-16(18-14)20-10-13-6-4-12(2)5-7-13/h3-7,11H,1,8-10H2,2H3,(H,17,19). The van der Waals surface area contributed by atoms with Gasteiger partial charge in [0.1, 0.15) is 4.34 Å². The van der Waals surface area contributed by atoms with Crippen molar-refractivity contribution in [2.24, 2.45) is 0 Å². The van der Waals surface area contributed by atoms with Gasteiger partial charge in [0.15, 0.2) is 0 Å². The van der Waals surface area contributed by atoms with Crippen LogP contribution in [0, 0.1) is 6.92 Å². The number of carbonyl (C=O) groups excluding carboxylic acids is 1. The molecule has 21 heavy (non-hydrogen) atoms. The number of aromatic nitrogens is 1. The van der Waals surface area contributed by atoms with Crippen LogP contribution in [0.4, 0.5) is 0 Å². The Hall–Kier alpha value is -1.59. The lowest BCUT2D eigenvalue weighted by molar-refractivity contribution is -0.120. The lowest BCUT2D eigenvalue weighted by Crippen LogP contribution is -2.25. The van der Waals surface area contributed by atoms with Gasteiger partial charge in [-0.2, -0.15) is 0 Å². The van der Waals surface area contributed by atoms with E-state index in [-0.39, 0.29) is 5.91 Å². The van der Waals surface area contributed by atoms with Gasteiger partial charge < -0.3 is 5.32 Å². The minimum Gasteiger partial charge on any atom is -0.352 e. The maximum atomic E-state index is 11.6. The van der Waals surface area contributed by atoms with Gasteiger partial charge in [-0.05, 0) is 12.5 Å². The molecule has 1 aromatic carbocycles. The van der Waals surface area contributed by atoms with E-state index < -0.39 is 0 Å². The monoisotopic (exact) mass is 318 g/mol. The highest BCUT2D eigenvalue weighted by Gasteiger charge is 2.07. The van der Waals surface area contributed by atoms with Crippen LogP contribution in [0.25, 0.3) is 0 Å². The molecule has 1 heterocycles. The summed E-state index contributed by atoms with van der Waals surface area (Å²) >= 11 is 3.29. The summed E-state index contributed by atoms with van der Waals surface area (Å²) in [7, 11) is 0. The Kier molecular flexibility index (Phi) is 6.02. The van der Waals surface area contributed by atoms with Gasteiger partial charge in [-0.1, -0.05) is 47.7 Å². The van der Waals surface area contributed by atoms with E-state index in [9.17, 15) is 4.79 Å². The van der Waals surface area contributed by atoms with Crippen LogP contribution in [0.5, 0.6) is 0 Å². The first-order chi connectivity index (χ1) is 10.2. The van der Waals surface area contributed by atoms with Crippen molar-refractivity contribution >= 4 is 29.0 Å². The second-order valence-corrected chi connectivity index (χ2v) is 6.73. The third-order valence-corrected chi connectivity index (χ3v) is 4.94. The fraction of sp³-hybridized carbons (Fsp3) is 0.250. The molecule has 0 bridgehead atoms. The third-order valence-electron chi connectivity index (χ3n) is 2.80. The maximum Gasteiger partial charge on any atom is 0.226 e. The van der Waals surface area contributed by atoms with Crippen molar-refractivity contribution < 1.29 is 4.79 Å². The van der Waals surface area contributed by atoms with E-state index in [1.165, 1.54) is 11.1 Å². The summed E-state index contributed by atoms with van der Waals surface area (Å²) in [5, 5.41) is 4.70. The van der Waals surface area contributed by atoms with Crippen molar-refractivity contribution in [2.45, 2.75) is 23.4 Å². The first-order valence-corrected chi connectivity index (χ1v) is 8.54. The third kappa shape index (κ3) is 5.36. The average Bonchev–Trinajstić information content (AvgIpc) is 2.92. The number of benzene rings is 1. The fourth-order valence-corrected chi connectivity index (χ4v) is 3.48. The van der Waals surface area contributed by atoms with E-state index in [2.05, 4.69) is 48.1 Å². The Balaban J connectivity index is 1.84. The highest BCUT2D eigenvalue weighted by Crippen LogP contribution is 2.26. The number of nitrogens with zero attached hydrogens (tertiary/aromatic N) is 1. The molecule has 2 aromatic rings. The molecule has 3 nitrogen and oxygen atoms in total. The van der Waals surface area contributed by atoms with Gasteiger partial charge in [0.2, 0.25) is 5.91 Å². The van der Waals surface area contributed by atoms with E-state index in [0.29, 0.717) is 13.0 Å². The largest absolute Gasteiger partial charge is 0.352 e. The highest BCUT2D eigenvalue weighted by molar-refractivity contribution is 8.00. The first kappa shape index (κ1) is 15.8. The molecule has 1 N–H and O–H groups in total. The number of amides is 1. The quantitative estimate of drug-likeness (QED) is 0.626. The molecule has 1 amide bonds. The van der Waals surface area contributed by atoms with Crippen molar-refractivity contribution in [3.8, 4) is 0 Å². The SMILES string of the molecule is C=CCNC(=O)Cc1csc(SCc2ccc(C)cc2)n1. The summed E-state index contributed by atoms with van der Waals surface area (Å²) in [6, 6.07) is 8.51. The van der Waals surface area contributed by atoms with Crippen molar-refractivity contribution in [1.29, 1.82) is 0 Å². The molecular formula is C16H18N2OS2. The molecule has 2 rings (SSSR count). The summed E-state index contributed by atoms with van der Waals surface area (Å²) in [6.45, 7) is 6.15. The van der Waals surface area contributed by atoms with Gasteiger partial charge in [-0.25, -0.2) is 4.98 Å². The molecule has 110 valence electrons. The molecule has 0 atom stereocenters. The van der Waals surface area contributed by atoms with Crippen LogP contribution in [0.2, 0.25) is 0 Å². The molecule has 0 aliphatic carbocycles. The lowest BCUT2D eigenvalue weighted by Gasteiger charge is -2.00. The van der Waals surface area contributed by atoms with Gasteiger partial charge in [-0.15, -0.1) is 17.9 Å². The van der Waals surface area contributed by atoms with Gasteiger partial charge in [0.05, 0.1) is 12.1 Å². The first-order valence-electron chi connectivity index (χ1n) is 6.67. The van der Waals surface area contributed by atoms with Crippen LogP contribution in [0.15, 0.2) is 46.6 Å². The summed E-state index contributed by atoms with van der Waals surface area (Å²) in [4.78, 5) is 16.1. The topological polar surface area (TPSA) is 42.0 Å². The lowest BCUT2D eigenvalue weighted by atomic mass is 10.2. The van der Waals surface area contributed by atoms with Crippen LogP contribution in [-0.4, -0.2) is 17.4 Å². The Morgan fingerprint density at radius 2 is 2.19 bits per heavy atom. The molecule has 0 saturated heterocycles. The van der Waals surface area contributed by atoms with Crippen LogP contribution in [-0.2, 0) is 17.0 Å². The summed E-state index contributed by atoms with van der Waals surface area (Å²) in [5.41, 5.74) is 3.38. The Morgan fingerprint density at radius 1 is 1.43 bits per heavy atom. The molecule has 0 aliphatic heterocycles. The highest BCUT2D eigenvalue weighted by atomic mass is 32.2. The molecule has 5 heteroatoms. The molecule has 0 fully saturated rings. The van der Waals surface area contributed by atoms with Crippen LogP contribution >= 0.6 is 23.1 Å². The van der Waals surface area contributed by atoms with Gasteiger partial charge in [0, 0.05) is 17.7 Å².